The summed E-state index contributed by atoms with van der Waals surface area (Å²) in [5.41, 5.74) is 1.42. The van der Waals surface area contributed by atoms with Gasteiger partial charge < -0.3 is 5.11 Å². The summed E-state index contributed by atoms with van der Waals surface area (Å²) >= 11 is 0. The van der Waals surface area contributed by atoms with E-state index in [1.807, 2.05) is 12.1 Å². The number of hydrogen-bond donors (Lipinski definition) is 1. The number of benzene rings is 1. The Bertz CT molecular complexity index is 382. The Kier molecular flexibility index (Phi) is 2.28. The van der Waals surface area contributed by atoms with Gasteiger partial charge in [0.25, 0.3) is 0 Å². The van der Waals surface area contributed by atoms with Gasteiger partial charge in [-0.3, -0.25) is 0 Å². The number of aliphatic hydroxyl groups excluding tert-OH is 1. The van der Waals surface area contributed by atoms with Gasteiger partial charge in [-0.15, -0.1) is 0 Å². The third-order valence-electron chi connectivity index (χ3n) is 4.59. The van der Waals surface area contributed by atoms with Crippen LogP contribution >= 0.6 is 0 Å². The van der Waals surface area contributed by atoms with Crippen molar-refractivity contribution in [1.29, 1.82) is 0 Å². The summed E-state index contributed by atoms with van der Waals surface area (Å²) in [7, 11) is 0. The summed E-state index contributed by atoms with van der Waals surface area (Å²) < 4.78 is 12.9. The van der Waals surface area contributed by atoms with Gasteiger partial charge in [0.05, 0.1) is 0 Å². The molecule has 2 heteroatoms. The summed E-state index contributed by atoms with van der Waals surface area (Å²) in [6.07, 6.45) is 4.94. The van der Waals surface area contributed by atoms with E-state index in [0.29, 0.717) is 5.92 Å². The van der Waals surface area contributed by atoms with Gasteiger partial charge in [0.1, 0.15) is 5.82 Å². The van der Waals surface area contributed by atoms with Gasteiger partial charge >= 0.3 is 0 Å². The first-order valence-corrected chi connectivity index (χ1v) is 6.14. The monoisotopic (exact) mass is 220 g/mol. The minimum atomic E-state index is -0.172. The molecule has 0 spiro atoms. The van der Waals surface area contributed by atoms with Crippen LogP contribution < -0.4 is 0 Å². The van der Waals surface area contributed by atoms with Gasteiger partial charge in [-0.1, -0.05) is 18.6 Å². The van der Waals surface area contributed by atoms with Gasteiger partial charge in [-0.2, -0.15) is 0 Å². The number of halogens is 1. The van der Waals surface area contributed by atoms with Crippen molar-refractivity contribution in [1.82, 2.24) is 0 Å². The maximum absolute atomic E-state index is 12.9. The zero-order chi connectivity index (χ0) is 11.2. The second kappa shape index (κ2) is 3.56. The lowest BCUT2D eigenvalue weighted by molar-refractivity contribution is 0.197. The largest absolute Gasteiger partial charge is 0.396 e. The molecule has 0 amide bonds. The third kappa shape index (κ3) is 1.32. The number of aliphatic hydroxyl groups is 1. The van der Waals surface area contributed by atoms with Crippen LogP contribution in [-0.2, 0) is 5.41 Å². The summed E-state index contributed by atoms with van der Waals surface area (Å²) in [4.78, 5) is 0. The van der Waals surface area contributed by atoms with Crippen LogP contribution in [0.2, 0.25) is 0 Å². The highest BCUT2D eigenvalue weighted by atomic mass is 19.1. The van der Waals surface area contributed by atoms with Crippen LogP contribution in [-0.4, -0.2) is 11.7 Å². The van der Waals surface area contributed by atoms with E-state index in [1.54, 1.807) is 12.1 Å². The lowest BCUT2D eigenvalue weighted by Gasteiger charge is -2.35. The molecule has 0 radical (unpaired) electrons. The van der Waals surface area contributed by atoms with Crippen molar-refractivity contribution in [2.24, 2.45) is 11.8 Å². The Hall–Kier alpha value is -0.890. The normalized spacial score (nSPS) is 33.5. The SMILES string of the molecule is OCC1CC1(c1ccc(F)cc1)C1CCC1. The first kappa shape index (κ1) is 10.3. The van der Waals surface area contributed by atoms with E-state index in [4.69, 9.17) is 0 Å². The van der Waals surface area contributed by atoms with Crippen molar-refractivity contribution in [2.75, 3.05) is 6.61 Å². The topological polar surface area (TPSA) is 20.2 Å². The summed E-state index contributed by atoms with van der Waals surface area (Å²) in [5, 5.41) is 9.35. The summed E-state index contributed by atoms with van der Waals surface area (Å²) in [6.45, 7) is 0.272. The van der Waals surface area contributed by atoms with Crippen molar-refractivity contribution in [3.63, 3.8) is 0 Å². The molecule has 2 atom stereocenters. The molecule has 2 unspecified atom stereocenters. The van der Waals surface area contributed by atoms with Crippen molar-refractivity contribution in [3.8, 4) is 0 Å². The Morgan fingerprint density at radius 2 is 1.94 bits per heavy atom. The molecule has 1 nitrogen and oxygen atoms in total. The van der Waals surface area contributed by atoms with E-state index in [2.05, 4.69) is 0 Å². The standard InChI is InChI=1S/C14H17FO/c15-13-6-4-11(5-7-13)14(8-12(14)9-16)10-2-1-3-10/h4-7,10,12,16H,1-3,8-9H2. The fourth-order valence-electron chi connectivity index (χ4n) is 3.35. The Morgan fingerprint density at radius 1 is 1.25 bits per heavy atom. The smallest absolute Gasteiger partial charge is 0.123 e. The van der Waals surface area contributed by atoms with E-state index in [0.717, 1.165) is 12.3 Å². The molecule has 2 aliphatic carbocycles. The van der Waals surface area contributed by atoms with Crippen LogP contribution in [0.4, 0.5) is 4.39 Å². The van der Waals surface area contributed by atoms with Gasteiger partial charge in [-0.25, -0.2) is 4.39 Å². The quantitative estimate of drug-likeness (QED) is 0.830. The lowest BCUT2D eigenvalue weighted by Crippen LogP contribution is -2.29. The van der Waals surface area contributed by atoms with E-state index >= 15 is 0 Å². The minimum absolute atomic E-state index is 0.172. The first-order valence-electron chi connectivity index (χ1n) is 6.14. The maximum Gasteiger partial charge on any atom is 0.123 e. The van der Waals surface area contributed by atoms with Crippen molar-refractivity contribution >= 4 is 0 Å². The maximum atomic E-state index is 12.9. The average molecular weight is 220 g/mol. The van der Waals surface area contributed by atoms with Gasteiger partial charge in [-0.05, 0) is 48.8 Å². The zero-order valence-electron chi connectivity index (χ0n) is 9.32. The van der Waals surface area contributed by atoms with Crippen molar-refractivity contribution in [2.45, 2.75) is 31.1 Å². The van der Waals surface area contributed by atoms with Crippen molar-refractivity contribution < 1.29 is 9.50 Å². The predicted molar refractivity (Wildman–Crippen MR) is 60.6 cm³/mol. The molecular formula is C14H17FO. The molecule has 0 heterocycles. The van der Waals surface area contributed by atoms with Gasteiger partial charge in [0.2, 0.25) is 0 Å². The van der Waals surface area contributed by atoms with Crippen LogP contribution in [0.15, 0.2) is 24.3 Å². The molecule has 0 aromatic heterocycles. The highest BCUT2D eigenvalue weighted by molar-refractivity contribution is 5.36. The molecule has 0 aliphatic heterocycles. The minimum Gasteiger partial charge on any atom is -0.396 e. The molecule has 2 aliphatic rings. The Labute approximate surface area is 95.3 Å². The van der Waals surface area contributed by atoms with E-state index < -0.39 is 0 Å². The van der Waals surface area contributed by atoms with E-state index in [9.17, 15) is 9.50 Å². The fraction of sp³-hybridized carbons (Fsp3) is 0.571. The number of hydrogen-bond acceptors (Lipinski definition) is 1. The van der Waals surface area contributed by atoms with E-state index in [-0.39, 0.29) is 17.8 Å². The molecule has 1 N–H and O–H groups in total. The lowest BCUT2D eigenvalue weighted by atomic mass is 9.69. The van der Waals surface area contributed by atoms with Crippen LogP contribution in [0.25, 0.3) is 0 Å². The van der Waals surface area contributed by atoms with Crippen LogP contribution in [0.3, 0.4) is 0 Å². The molecule has 0 saturated heterocycles. The molecule has 86 valence electrons. The van der Waals surface area contributed by atoms with Gasteiger partial charge in [0.15, 0.2) is 0 Å². The van der Waals surface area contributed by atoms with Crippen LogP contribution in [0.1, 0.15) is 31.2 Å². The third-order valence-corrected chi connectivity index (χ3v) is 4.59. The highest BCUT2D eigenvalue weighted by Crippen LogP contribution is 2.63. The summed E-state index contributed by atoms with van der Waals surface area (Å²) in [5.74, 6) is 0.951. The summed E-state index contributed by atoms with van der Waals surface area (Å²) in [6, 6.07) is 6.90. The predicted octanol–water partition coefficient (Wildman–Crippen LogP) is 2.88. The average Bonchev–Trinajstić information content (AvgIpc) is 2.92. The molecule has 2 saturated carbocycles. The molecular weight excluding hydrogens is 203 g/mol. The molecule has 2 fully saturated rings. The van der Waals surface area contributed by atoms with Gasteiger partial charge in [0, 0.05) is 12.0 Å². The Morgan fingerprint density at radius 3 is 2.38 bits per heavy atom. The molecule has 1 aromatic rings. The molecule has 3 rings (SSSR count). The molecule has 0 bridgehead atoms. The highest BCUT2D eigenvalue weighted by Gasteiger charge is 2.60. The van der Waals surface area contributed by atoms with Crippen LogP contribution in [0, 0.1) is 17.7 Å². The molecule has 1 aromatic carbocycles. The second-order valence-electron chi connectivity index (χ2n) is 5.26. The van der Waals surface area contributed by atoms with Crippen LogP contribution in [0.5, 0.6) is 0 Å². The van der Waals surface area contributed by atoms with Crippen molar-refractivity contribution in [3.05, 3.63) is 35.6 Å². The van der Waals surface area contributed by atoms with E-state index in [1.165, 1.54) is 24.8 Å². The first-order chi connectivity index (χ1) is 7.77. The Balaban J connectivity index is 1.92. The number of rotatable bonds is 3. The zero-order valence-corrected chi connectivity index (χ0v) is 9.32. The molecule has 16 heavy (non-hydrogen) atoms. The second-order valence-corrected chi connectivity index (χ2v) is 5.26. The fourth-order valence-corrected chi connectivity index (χ4v) is 3.35.